The summed E-state index contributed by atoms with van der Waals surface area (Å²) in [6, 6.07) is 8.33. The maximum Gasteiger partial charge on any atom is 0.257 e. The van der Waals surface area contributed by atoms with Crippen LogP contribution in [0.15, 0.2) is 24.3 Å². The average molecular weight is 272 g/mol. The molecule has 0 aliphatic carbocycles. The van der Waals surface area contributed by atoms with Gasteiger partial charge < -0.3 is 15.4 Å². The van der Waals surface area contributed by atoms with Crippen LogP contribution in [-0.4, -0.2) is 36.2 Å². The third kappa shape index (κ3) is 2.82. The molecule has 2 N–H and O–H groups in total. The lowest BCUT2D eigenvalue weighted by Gasteiger charge is -2.24. The molecule has 0 spiro atoms. The van der Waals surface area contributed by atoms with Gasteiger partial charge in [-0.2, -0.15) is 0 Å². The molecule has 2 heterocycles. The molecule has 106 valence electrons. The number of nitrogens with zero attached hydrogens (tertiary/aromatic N) is 2. The van der Waals surface area contributed by atoms with Crippen LogP contribution in [0.25, 0.3) is 11.0 Å². The first-order valence-corrected chi connectivity index (χ1v) is 7.15. The quantitative estimate of drug-likeness (QED) is 0.893. The molecular formula is C15H20N4O. The normalized spacial score (nSPS) is 18.9. The van der Waals surface area contributed by atoms with Crippen LogP contribution in [0.4, 0.5) is 5.82 Å². The van der Waals surface area contributed by atoms with Gasteiger partial charge in [0.15, 0.2) is 5.82 Å². The third-order valence-electron chi connectivity index (χ3n) is 3.66. The molecule has 1 aliphatic rings. The molecule has 1 aliphatic heterocycles. The van der Waals surface area contributed by atoms with Crippen LogP contribution in [0.2, 0.25) is 0 Å². The highest BCUT2D eigenvalue weighted by Gasteiger charge is 2.14. The first-order chi connectivity index (χ1) is 9.86. The summed E-state index contributed by atoms with van der Waals surface area (Å²) < 4.78 is 5.34. The Hall–Kier alpha value is -1.88. The zero-order valence-electron chi connectivity index (χ0n) is 11.7. The van der Waals surface area contributed by atoms with E-state index in [1.54, 1.807) is 7.11 Å². The van der Waals surface area contributed by atoms with Crippen LogP contribution >= 0.6 is 0 Å². The van der Waals surface area contributed by atoms with Gasteiger partial charge in [-0.15, -0.1) is 0 Å². The minimum atomic E-state index is 0.502. The summed E-state index contributed by atoms with van der Waals surface area (Å²) in [5.74, 6) is 1.28. The second-order valence-corrected chi connectivity index (χ2v) is 5.10. The maximum absolute atomic E-state index is 5.34. The molecule has 0 saturated carbocycles. The zero-order chi connectivity index (χ0) is 13.8. The van der Waals surface area contributed by atoms with Gasteiger partial charge in [0.05, 0.1) is 18.1 Å². The monoisotopic (exact) mass is 272 g/mol. The molecule has 0 unspecified atom stereocenters. The molecule has 0 radical (unpaired) electrons. The SMILES string of the molecule is COc1nc2ccccc2nc1NC[C@@H]1CCCCN1. The van der Waals surface area contributed by atoms with Crippen molar-refractivity contribution in [3.63, 3.8) is 0 Å². The number of anilines is 1. The maximum atomic E-state index is 5.34. The molecule has 1 aromatic heterocycles. The molecule has 0 bridgehead atoms. The summed E-state index contributed by atoms with van der Waals surface area (Å²) in [7, 11) is 1.63. The number of piperidine rings is 1. The highest BCUT2D eigenvalue weighted by molar-refractivity contribution is 5.77. The van der Waals surface area contributed by atoms with Gasteiger partial charge in [0.2, 0.25) is 0 Å². The Kier molecular flexibility index (Phi) is 3.97. The summed E-state index contributed by atoms with van der Waals surface area (Å²) in [5.41, 5.74) is 1.73. The molecule has 5 nitrogen and oxygen atoms in total. The Balaban J connectivity index is 1.78. The van der Waals surface area contributed by atoms with E-state index in [1.165, 1.54) is 19.3 Å². The molecular weight excluding hydrogens is 252 g/mol. The number of rotatable bonds is 4. The molecule has 1 fully saturated rings. The predicted molar refractivity (Wildman–Crippen MR) is 80.2 cm³/mol. The van der Waals surface area contributed by atoms with Crippen molar-refractivity contribution in [2.75, 3.05) is 25.5 Å². The highest BCUT2D eigenvalue weighted by atomic mass is 16.5. The van der Waals surface area contributed by atoms with E-state index in [1.807, 2.05) is 24.3 Å². The number of aromatic nitrogens is 2. The fourth-order valence-electron chi connectivity index (χ4n) is 2.56. The first-order valence-electron chi connectivity index (χ1n) is 7.15. The lowest BCUT2D eigenvalue weighted by molar-refractivity contribution is 0.396. The van der Waals surface area contributed by atoms with Gasteiger partial charge in [-0.05, 0) is 31.5 Å². The number of benzene rings is 1. The van der Waals surface area contributed by atoms with E-state index in [0.717, 1.165) is 29.9 Å². The number of fused-ring (bicyclic) bond motifs is 1. The molecule has 1 aromatic carbocycles. The number of hydrogen-bond donors (Lipinski definition) is 2. The van der Waals surface area contributed by atoms with Crippen molar-refractivity contribution >= 4 is 16.9 Å². The van der Waals surface area contributed by atoms with E-state index >= 15 is 0 Å². The minimum absolute atomic E-state index is 0.502. The molecule has 0 amide bonds. The van der Waals surface area contributed by atoms with Crippen molar-refractivity contribution in [3.8, 4) is 5.88 Å². The van der Waals surface area contributed by atoms with Gasteiger partial charge in [0.1, 0.15) is 0 Å². The fraction of sp³-hybridized carbons (Fsp3) is 0.467. The van der Waals surface area contributed by atoms with E-state index in [4.69, 9.17) is 4.74 Å². The van der Waals surface area contributed by atoms with E-state index in [0.29, 0.717) is 11.9 Å². The van der Waals surface area contributed by atoms with Gasteiger partial charge in [-0.3, -0.25) is 0 Å². The lowest BCUT2D eigenvalue weighted by Crippen LogP contribution is -2.39. The van der Waals surface area contributed by atoms with Crippen molar-refractivity contribution < 1.29 is 4.74 Å². The largest absolute Gasteiger partial charge is 0.478 e. The molecule has 2 aromatic rings. The summed E-state index contributed by atoms with van der Waals surface area (Å²) >= 11 is 0. The van der Waals surface area contributed by atoms with Gasteiger partial charge in [-0.25, -0.2) is 9.97 Å². The van der Waals surface area contributed by atoms with Gasteiger partial charge in [0.25, 0.3) is 5.88 Å². The Bertz CT molecular complexity index is 581. The Morgan fingerprint density at radius 1 is 1.25 bits per heavy atom. The minimum Gasteiger partial charge on any atom is -0.478 e. The summed E-state index contributed by atoms with van der Waals surface area (Å²) in [6.07, 6.45) is 3.77. The van der Waals surface area contributed by atoms with Crippen LogP contribution in [0, 0.1) is 0 Å². The van der Waals surface area contributed by atoms with Crippen LogP contribution in [-0.2, 0) is 0 Å². The second-order valence-electron chi connectivity index (χ2n) is 5.10. The first kappa shape index (κ1) is 13.1. The van der Waals surface area contributed by atoms with Gasteiger partial charge in [-0.1, -0.05) is 18.6 Å². The molecule has 1 atom stereocenters. The molecule has 20 heavy (non-hydrogen) atoms. The Morgan fingerprint density at radius 2 is 2.05 bits per heavy atom. The third-order valence-corrected chi connectivity index (χ3v) is 3.66. The van der Waals surface area contributed by atoms with E-state index in [2.05, 4.69) is 20.6 Å². The predicted octanol–water partition coefficient (Wildman–Crippen LogP) is 2.19. The Morgan fingerprint density at radius 3 is 2.75 bits per heavy atom. The van der Waals surface area contributed by atoms with E-state index in [9.17, 15) is 0 Å². The van der Waals surface area contributed by atoms with Crippen molar-refractivity contribution in [2.24, 2.45) is 0 Å². The summed E-state index contributed by atoms with van der Waals surface area (Å²) in [5, 5.41) is 6.88. The number of ether oxygens (including phenoxy) is 1. The van der Waals surface area contributed by atoms with Gasteiger partial charge >= 0.3 is 0 Å². The highest BCUT2D eigenvalue weighted by Crippen LogP contribution is 2.23. The van der Waals surface area contributed by atoms with Crippen LogP contribution < -0.4 is 15.4 Å². The summed E-state index contributed by atoms with van der Waals surface area (Å²) in [6.45, 7) is 1.95. The smallest absolute Gasteiger partial charge is 0.257 e. The molecule has 5 heteroatoms. The van der Waals surface area contributed by atoms with Crippen molar-refractivity contribution in [2.45, 2.75) is 25.3 Å². The Labute approximate surface area is 118 Å². The average Bonchev–Trinajstić information content (AvgIpc) is 2.53. The van der Waals surface area contributed by atoms with Crippen molar-refractivity contribution in [3.05, 3.63) is 24.3 Å². The van der Waals surface area contributed by atoms with Crippen LogP contribution in [0.5, 0.6) is 5.88 Å². The van der Waals surface area contributed by atoms with Crippen LogP contribution in [0.1, 0.15) is 19.3 Å². The lowest BCUT2D eigenvalue weighted by atomic mass is 10.1. The van der Waals surface area contributed by atoms with Crippen molar-refractivity contribution in [1.29, 1.82) is 0 Å². The van der Waals surface area contributed by atoms with E-state index in [-0.39, 0.29) is 0 Å². The van der Waals surface area contributed by atoms with E-state index < -0.39 is 0 Å². The number of para-hydroxylation sites is 2. The number of methoxy groups -OCH3 is 1. The van der Waals surface area contributed by atoms with Gasteiger partial charge in [0, 0.05) is 12.6 Å². The fourth-order valence-corrected chi connectivity index (χ4v) is 2.56. The van der Waals surface area contributed by atoms with Crippen LogP contribution in [0.3, 0.4) is 0 Å². The topological polar surface area (TPSA) is 59.1 Å². The summed E-state index contributed by atoms with van der Waals surface area (Å²) in [4.78, 5) is 9.09. The number of hydrogen-bond acceptors (Lipinski definition) is 5. The van der Waals surface area contributed by atoms with Crippen molar-refractivity contribution in [1.82, 2.24) is 15.3 Å². The molecule has 1 saturated heterocycles. The number of nitrogens with one attached hydrogen (secondary N) is 2. The zero-order valence-corrected chi connectivity index (χ0v) is 11.7. The standard InChI is InChI=1S/C15H20N4O/c1-20-15-14(17-10-11-6-4-5-9-16-11)18-12-7-2-3-8-13(12)19-15/h2-3,7-8,11,16H,4-6,9-10H2,1H3,(H,17,18)/t11-/m0/s1. The molecule has 3 rings (SSSR count). The second kappa shape index (κ2) is 6.05.